The summed E-state index contributed by atoms with van der Waals surface area (Å²) in [6.45, 7) is 1.32. The van der Waals surface area contributed by atoms with Crippen molar-refractivity contribution in [3.05, 3.63) is 76.6 Å². The van der Waals surface area contributed by atoms with Gasteiger partial charge in [-0.3, -0.25) is 13.8 Å². The van der Waals surface area contributed by atoms with Crippen LogP contribution in [0.25, 0.3) is 16.1 Å². The van der Waals surface area contributed by atoms with Crippen molar-refractivity contribution < 1.29 is 23.3 Å². The molecule has 0 heterocycles. The molecule has 150 valence electrons. The normalized spacial score (nSPS) is 15.7. The molecule has 0 saturated carbocycles. The van der Waals surface area contributed by atoms with Crippen LogP contribution in [0.5, 0.6) is 0 Å². The minimum Gasteiger partial charge on any atom is -0.480 e. The largest absolute Gasteiger partial charge is 0.480 e. The minimum atomic E-state index is -1.34. The van der Waals surface area contributed by atoms with Crippen LogP contribution in [-0.4, -0.2) is 34.0 Å². The number of rotatable bonds is 6. The SMILES string of the molecule is CC1=C(CC(=O)NCC(=O)O)c2cc(F)ccc2C1=C(c1ccccc1)S(C)=O. The summed E-state index contributed by atoms with van der Waals surface area (Å²) in [5.41, 5.74) is 4.09. The summed E-state index contributed by atoms with van der Waals surface area (Å²) < 4.78 is 26.7. The van der Waals surface area contributed by atoms with Gasteiger partial charge < -0.3 is 10.4 Å². The van der Waals surface area contributed by atoms with E-state index in [4.69, 9.17) is 5.11 Å². The summed E-state index contributed by atoms with van der Waals surface area (Å²) in [5, 5.41) is 11.1. The van der Waals surface area contributed by atoms with Gasteiger partial charge in [-0.1, -0.05) is 36.4 Å². The molecule has 1 aliphatic carbocycles. The summed E-state index contributed by atoms with van der Waals surface area (Å²) in [7, 11) is -1.34. The Kier molecular flexibility index (Phi) is 6.08. The quantitative estimate of drug-likeness (QED) is 0.760. The number of halogens is 1. The second kappa shape index (κ2) is 8.53. The summed E-state index contributed by atoms with van der Waals surface area (Å²) >= 11 is 0. The van der Waals surface area contributed by atoms with Crippen LogP contribution in [0, 0.1) is 5.82 Å². The van der Waals surface area contributed by atoms with Crippen molar-refractivity contribution in [3.8, 4) is 0 Å². The second-order valence-corrected chi connectivity index (χ2v) is 7.98. The third kappa shape index (κ3) is 4.35. The first-order valence-electron chi connectivity index (χ1n) is 8.91. The Hall–Kier alpha value is -3.06. The summed E-state index contributed by atoms with van der Waals surface area (Å²) in [6.07, 6.45) is 1.49. The van der Waals surface area contributed by atoms with Gasteiger partial charge in [0.15, 0.2) is 0 Å². The Morgan fingerprint density at radius 1 is 1.10 bits per heavy atom. The molecule has 0 aromatic heterocycles. The molecule has 0 aliphatic heterocycles. The molecule has 0 bridgehead atoms. The Morgan fingerprint density at radius 3 is 2.41 bits per heavy atom. The standard InChI is InChI=1S/C22H20FNO4S/c1-13-17(11-19(25)24-12-20(26)27)18-10-15(23)8-9-16(18)21(13)22(29(2)28)14-6-4-3-5-7-14/h3-10H,11-12H2,1-2H3,(H,24,25)(H,26,27). The lowest BCUT2D eigenvalue weighted by Crippen LogP contribution is -2.29. The van der Waals surface area contributed by atoms with E-state index >= 15 is 0 Å². The van der Waals surface area contributed by atoms with Crippen molar-refractivity contribution >= 4 is 38.7 Å². The molecule has 29 heavy (non-hydrogen) atoms. The van der Waals surface area contributed by atoms with Crippen molar-refractivity contribution in [2.75, 3.05) is 12.8 Å². The maximum atomic E-state index is 14.0. The number of hydrogen-bond acceptors (Lipinski definition) is 3. The van der Waals surface area contributed by atoms with Crippen LogP contribution in [0.2, 0.25) is 0 Å². The van der Waals surface area contributed by atoms with E-state index in [0.717, 1.165) is 11.1 Å². The maximum absolute atomic E-state index is 14.0. The van der Waals surface area contributed by atoms with E-state index in [1.807, 2.05) is 37.3 Å². The Balaban J connectivity index is 2.17. The van der Waals surface area contributed by atoms with Crippen LogP contribution < -0.4 is 5.32 Å². The van der Waals surface area contributed by atoms with Gasteiger partial charge in [0.05, 0.1) is 22.1 Å². The average molecular weight is 413 g/mol. The molecule has 0 fully saturated rings. The highest BCUT2D eigenvalue weighted by molar-refractivity contribution is 7.94. The predicted octanol–water partition coefficient (Wildman–Crippen LogP) is 3.45. The second-order valence-electron chi connectivity index (χ2n) is 6.66. The highest BCUT2D eigenvalue weighted by Crippen LogP contribution is 2.46. The van der Waals surface area contributed by atoms with Crippen LogP contribution in [-0.2, 0) is 20.4 Å². The first kappa shape index (κ1) is 20.7. The lowest BCUT2D eigenvalue weighted by atomic mass is 10.00. The number of carboxylic acid groups (broad SMARTS) is 1. The zero-order chi connectivity index (χ0) is 21.1. The van der Waals surface area contributed by atoms with Crippen molar-refractivity contribution in [3.63, 3.8) is 0 Å². The van der Waals surface area contributed by atoms with Crippen LogP contribution in [0.4, 0.5) is 4.39 Å². The Morgan fingerprint density at radius 2 is 1.79 bits per heavy atom. The number of hydrogen-bond donors (Lipinski definition) is 2. The van der Waals surface area contributed by atoms with Gasteiger partial charge in [0.1, 0.15) is 12.4 Å². The minimum absolute atomic E-state index is 0.0997. The van der Waals surface area contributed by atoms with E-state index in [2.05, 4.69) is 5.32 Å². The number of allylic oxidation sites excluding steroid dienone is 2. The first-order valence-corrected chi connectivity index (χ1v) is 10.5. The highest BCUT2D eigenvalue weighted by atomic mass is 32.2. The van der Waals surface area contributed by atoms with Crippen LogP contribution in [0.1, 0.15) is 30.0 Å². The molecule has 1 unspecified atom stereocenters. The number of amides is 1. The monoisotopic (exact) mass is 413 g/mol. The molecule has 2 aromatic carbocycles. The molecule has 1 aliphatic rings. The van der Waals surface area contributed by atoms with Gasteiger partial charge in [-0.2, -0.15) is 0 Å². The van der Waals surface area contributed by atoms with E-state index in [1.165, 1.54) is 12.1 Å². The Bertz CT molecular complexity index is 1070. The first-order chi connectivity index (χ1) is 13.8. The summed E-state index contributed by atoms with van der Waals surface area (Å²) in [6, 6.07) is 13.6. The van der Waals surface area contributed by atoms with Crippen LogP contribution >= 0.6 is 0 Å². The van der Waals surface area contributed by atoms with Crippen molar-refractivity contribution in [1.29, 1.82) is 0 Å². The molecule has 1 amide bonds. The number of carbonyl (C=O) groups is 2. The topological polar surface area (TPSA) is 83.5 Å². The number of nitrogens with one attached hydrogen (secondary N) is 1. The molecule has 1 atom stereocenters. The number of benzene rings is 2. The van der Waals surface area contributed by atoms with Gasteiger partial charge in [0, 0.05) is 11.8 Å². The number of carbonyl (C=O) groups excluding carboxylic acids is 1. The van der Waals surface area contributed by atoms with Gasteiger partial charge in [-0.15, -0.1) is 0 Å². The van der Waals surface area contributed by atoms with E-state index in [9.17, 15) is 18.2 Å². The lowest BCUT2D eigenvalue weighted by Gasteiger charge is -2.12. The highest BCUT2D eigenvalue weighted by Gasteiger charge is 2.29. The molecule has 0 spiro atoms. The van der Waals surface area contributed by atoms with E-state index in [-0.39, 0.29) is 6.42 Å². The van der Waals surface area contributed by atoms with Crippen LogP contribution in [0.3, 0.4) is 0 Å². The zero-order valence-corrected chi connectivity index (χ0v) is 16.8. The number of fused-ring (bicyclic) bond motifs is 1. The number of carboxylic acids is 1. The van der Waals surface area contributed by atoms with Crippen molar-refractivity contribution in [1.82, 2.24) is 5.32 Å². The smallest absolute Gasteiger partial charge is 0.322 e. The van der Waals surface area contributed by atoms with Gasteiger partial charge in [-0.25, -0.2) is 4.39 Å². The summed E-state index contributed by atoms with van der Waals surface area (Å²) in [5.74, 6) is -2.06. The average Bonchev–Trinajstić information content (AvgIpc) is 2.93. The fourth-order valence-corrected chi connectivity index (χ4v) is 4.52. The molecule has 2 N–H and O–H groups in total. The molecule has 0 saturated heterocycles. The number of aliphatic carboxylic acids is 1. The molecular formula is C22H20FNO4S. The van der Waals surface area contributed by atoms with Gasteiger partial charge in [-0.05, 0) is 46.9 Å². The van der Waals surface area contributed by atoms with Gasteiger partial charge in [0.2, 0.25) is 5.91 Å². The van der Waals surface area contributed by atoms with E-state index < -0.39 is 35.0 Å². The fraction of sp³-hybridized carbons (Fsp3) is 0.182. The van der Waals surface area contributed by atoms with Crippen molar-refractivity contribution in [2.24, 2.45) is 0 Å². The van der Waals surface area contributed by atoms with Gasteiger partial charge in [0.25, 0.3) is 0 Å². The predicted molar refractivity (Wildman–Crippen MR) is 112 cm³/mol. The van der Waals surface area contributed by atoms with Crippen molar-refractivity contribution in [2.45, 2.75) is 13.3 Å². The van der Waals surface area contributed by atoms with E-state index in [1.54, 1.807) is 12.3 Å². The summed E-state index contributed by atoms with van der Waals surface area (Å²) in [4.78, 5) is 23.6. The Labute approximate surface area is 170 Å². The zero-order valence-electron chi connectivity index (χ0n) is 16.0. The fourth-order valence-electron chi connectivity index (χ4n) is 3.50. The molecule has 0 radical (unpaired) electrons. The third-order valence-corrected chi connectivity index (χ3v) is 5.74. The van der Waals surface area contributed by atoms with E-state index in [0.29, 0.717) is 27.2 Å². The molecular weight excluding hydrogens is 393 g/mol. The molecule has 2 aromatic rings. The van der Waals surface area contributed by atoms with Crippen LogP contribution in [0.15, 0.2) is 54.1 Å². The molecule has 5 nitrogen and oxygen atoms in total. The molecule has 7 heteroatoms. The molecule has 3 rings (SSSR count). The third-order valence-electron chi connectivity index (χ3n) is 4.73. The lowest BCUT2D eigenvalue weighted by molar-refractivity contribution is -0.137. The maximum Gasteiger partial charge on any atom is 0.322 e. The van der Waals surface area contributed by atoms with Gasteiger partial charge >= 0.3 is 5.97 Å².